The van der Waals surface area contributed by atoms with Crippen LogP contribution in [0.4, 0.5) is 0 Å². The molecule has 5 heteroatoms. The van der Waals surface area contributed by atoms with Gasteiger partial charge >= 0.3 is 0 Å². The van der Waals surface area contributed by atoms with Gasteiger partial charge in [-0.05, 0) is 61.1 Å². The number of methoxy groups -OCH3 is 1. The van der Waals surface area contributed by atoms with E-state index in [1.54, 1.807) is 13.3 Å². The lowest BCUT2D eigenvalue weighted by molar-refractivity contribution is -0.0444. The molecule has 0 saturated carbocycles. The van der Waals surface area contributed by atoms with E-state index in [1.165, 1.54) is 6.42 Å². The van der Waals surface area contributed by atoms with E-state index in [2.05, 4.69) is 22.5 Å². The van der Waals surface area contributed by atoms with Gasteiger partial charge in [0.25, 0.3) is 0 Å². The summed E-state index contributed by atoms with van der Waals surface area (Å²) in [6.45, 7) is 6.07. The van der Waals surface area contributed by atoms with Crippen molar-refractivity contribution in [2.75, 3.05) is 20.2 Å². The summed E-state index contributed by atoms with van der Waals surface area (Å²) >= 11 is 0. The van der Waals surface area contributed by atoms with Crippen molar-refractivity contribution in [3.8, 4) is 5.75 Å². The Bertz CT molecular complexity index is 766. The molecule has 1 aromatic heterocycles. The number of aliphatic hydroxyl groups excluding tert-OH is 1. The lowest BCUT2D eigenvalue weighted by atomic mass is 9.73. The van der Waals surface area contributed by atoms with Crippen LogP contribution in [0, 0.1) is 11.8 Å². The van der Waals surface area contributed by atoms with Gasteiger partial charge in [0.15, 0.2) is 0 Å². The van der Waals surface area contributed by atoms with Gasteiger partial charge in [-0.1, -0.05) is 6.08 Å². The number of hydrogen-bond acceptors (Lipinski definition) is 4. The predicted octanol–water partition coefficient (Wildman–Crippen LogP) is 3.60. The Balaban J connectivity index is 0.00000182. The number of fused-ring (bicyclic) bond motifs is 4. The molecule has 1 unspecified atom stereocenters. The third-order valence-corrected chi connectivity index (χ3v) is 5.82. The molecule has 3 aliphatic rings. The SMILES string of the molecule is C=C[C@@H]1CN2CC[C@@H]1C[C@@H]2[C@@H](O)c1ccnc2ccc(OC)cc12.Cl. The average Bonchev–Trinajstić information content (AvgIpc) is 2.66. The summed E-state index contributed by atoms with van der Waals surface area (Å²) in [4.78, 5) is 6.86. The second-order valence-electron chi connectivity index (χ2n) is 6.97. The Hall–Kier alpha value is -1.62. The number of pyridine rings is 1. The normalized spacial score (nSPS) is 29.0. The van der Waals surface area contributed by atoms with E-state index in [0.29, 0.717) is 11.8 Å². The summed E-state index contributed by atoms with van der Waals surface area (Å²) < 4.78 is 5.35. The number of aromatic nitrogens is 1. The molecule has 3 aliphatic heterocycles. The summed E-state index contributed by atoms with van der Waals surface area (Å²) in [5.41, 5.74) is 1.85. The Morgan fingerprint density at radius 3 is 2.92 bits per heavy atom. The first-order valence-corrected chi connectivity index (χ1v) is 8.68. The first-order valence-electron chi connectivity index (χ1n) is 8.68. The van der Waals surface area contributed by atoms with Gasteiger partial charge in [-0.3, -0.25) is 9.88 Å². The molecule has 3 fully saturated rings. The monoisotopic (exact) mass is 360 g/mol. The molecule has 2 aromatic rings. The molecule has 1 aromatic carbocycles. The largest absolute Gasteiger partial charge is 0.497 e. The van der Waals surface area contributed by atoms with Gasteiger partial charge in [-0.2, -0.15) is 0 Å². The molecule has 1 N–H and O–H groups in total. The number of aliphatic hydroxyl groups is 1. The number of rotatable bonds is 4. The highest BCUT2D eigenvalue weighted by Crippen LogP contribution is 2.42. The maximum atomic E-state index is 11.2. The van der Waals surface area contributed by atoms with Crippen LogP contribution in [0.3, 0.4) is 0 Å². The van der Waals surface area contributed by atoms with Crippen molar-refractivity contribution in [3.05, 3.63) is 48.7 Å². The van der Waals surface area contributed by atoms with Crippen LogP contribution in [0.2, 0.25) is 0 Å². The molecule has 4 nitrogen and oxygen atoms in total. The average molecular weight is 361 g/mol. The van der Waals surface area contributed by atoms with Crippen LogP contribution in [-0.2, 0) is 0 Å². The molecule has 0 amide bonds. The number of nitrogens with zero attached hydrogens (tertiary/aromatic N) is 2. The summed E-state index contributed by atoms with van der Waals surface area (Å²) in [6, 6.07) is 7.96. The van der Waals surface area contributed by atoms with E-state index in [4.69, 9.17) is 4.74 Å². The van der Waals surface area contributed by atoms with Crippen molar-refractivity contribution in [3.63, 3.8) is 0 Å². The highest BCUT2D eigenvalue weighted by molar-refractivity contribution is 5.85. The van der Waals surface area contributed by atoms with E-state index in [0.717, 1.165) is 41.7 Å². The van der Waals surface area contributed by atoms with E-state index >= 15 is 0 Å². The third-order valence-electron chi connectivity index (χ3n) is 5.82. The number of piperidine rings is 3. The molecule has 5 atom stereocenters. The first kappa shape index (κ1) is 18.2. The smallest absolute Gasteiger partial charge is 0.119 e. The minimum absolute atomic E-state index is 0. The Morgan fingerprint density at radius 2 is 2.24 bits per heavy atom. The molecule has 0 aliphatic carbocycles. The zero-order valence-electron chi connectivity index (χ0n) is 14.5. The Morgan fingerprint density at radius 1 is 1.40 bits per heavy atom. The highest BCUT2D eigenvalue weighted by Gasteiger charge is 2.42. The summed E-state index contributed by atoms with van der Waals surface area (Å²) in [7, 11) is 1.66. The van der Waals surface area contributed by atoms with Crippen LogP contribution in [0.25, 0.3) is 10.9 Å². The molecule has 2 bridgehead atoms. The molecule has 5 rings (SSSR count). The van der Waals surface area contributed by atoms with Crippen molar-refractivity contribution in [1.29, 1.82) is 0 Å². The molecule has 0 radical (unpaired) electrons. The standard InChI is InChI=1S/C20H24N2O2.ClH/c1-3-13-12-22-9-7-14(13)10-19(22)20(23)16-6-8-21-18-5-4-15(24-2)11-17(16)18;/h3-6,8,11,13-14,19-20,23H,1,7,9-10,12H2,2H3;1H/t13-,14-,19-,20+;/m1./s1. The van der Waals surface area contributed by atoms with Gasteiger partial charge in [0.2, 0.25) is 0 Å². The highest BCUT2D eigenvalue weighted by atomic mass is 35.5. The molecular weight excluding hydrogens is 336 g/mol. The van der Waals surface area contributed by atoms with Crippen LogP contribution in [-0.4, -0.2) is 41.2 Å². The van der Waals surface area contributed by atoms with Crippen molar-refractivity contribution < 1.29 is 9.84 Å². The minimum Gasteiger partial charge on any atom is -0.497 e. The Kier molecular flexibility index (Phi) is 5.32. The van der Waals surface area contributed by atoms with Crippen LogP contribution >= 0.6 is 12.4 Å². The lowest BCUT2D eigenvalue weighted by Gasteiger charge is -2.50. The Labute approximate surface area is 154 Å². The zero-order valence-corrected chi connectivity index (χ0v) is 15.3. The molecule has 25 heavy (non-hydrogen) atoms. The topological polar surface area (TPSA) is 45.6 Å². The summed E-state index contributed by atoms with van der Waals surface area (Å²) in [5.74, 6) is 2.01. The van der Waals surface area contributed by atoms with Crippen molar-refractivity contribution >= 4 is 23.3 Å². The van der Waals surface area contributed by atoms with Gasteiger partial charge in [0.1, 0.15) is 5.75 Å². The van der Waals surface area contributed by atoms with Crippen LogP contribution in [0.1, 0.15) is 24.5 Å². The molecular formula is C20H25ClN2O2. The molecule has 3 saturated heterocycles. The van der Waals surface area contributed by atoms with Gasteiger partial charge in [0.05, 0.1) is 18.7 Å². The summed E-state index contributed by atoms with van der Waals surface area (Å²) in [6.07, 6.45) is 5.62. The van der Waals surface area contributed by atoms with Gasteiger partial charge in [-0.25, -0.2) is 0 Å². The lowest BCUT2D eigenvalue weighted by Crippen LogP contribution is -2.54. The van der Waals surface area contributed by atoms with E-state index in [9.17, 15) is 5.11 Å². The van der Waals surface area contributed by atoms with Crippen molar-refractivity contribution in [2.24, 2.45) is 11.8 Å². The molecule has 4 heterocycles. The molecule has 134 valence electrons. The number of halogens is 1. The van der Waals surface area contributed by atoms with E-state index in [1.807, 2.05) is 24.3 Å². The zero-order chi connectivity index (χ0) is 16.7. The van der Waals surface area contributed by atoms with Crippen LogP contribution in [0.15, 0.2) is 43.1 Å². The third kappa shape index (κ3) is 3.14. The number of benzene rings is 1. The van der Waals surface area contributed by atoms with Crippen LogP contribution in [0.5, 0.6) is 5.75 Å². The quantitative estimate of drug-likeness (QED) is 0.846. The fourth-order valence-electron chi connectivity index (χ4n) is 4.44. The maximum absolute atomic E-state index is 11.2. The first-order chi connectivity index (χ1) is 11.7. The number of ether oxygens (including phenoxy) is 1. The van der Waals surface area contributed by atoms with Gasteiger partial charge in [0, 0.05) is 24.2 Å². The minimum atomic E-state index is -0.504. The maximum Gasteiger partial charge on any atom is 0.119 e. The van der Waals surface area contributed by atoms with E-state index < -0.39 is 6.10 Å². The number of hydrogen-bond donors (Lipinski definition) is 1. The predicted molar refractivity (Wildman–Crippen MR) is 102 cm³/mol. The second kappa shape index (κ2) is 7.32. The fraction of sp³-hybridized carbons (Fsp3) is 0.450. The van der Waals surface area contributed by atoms with Crippen molar-refractivity contribution in [2.45, 2.75) is 25.0 Å². The van der Waals surface area contributed by atoms with E-state index in [-0.39, 0.29) is 18.4 Å². The van der Waals surface area contributed by atoms with Crippen molar-refractivity contribution in [1.82, 2.24) is 9.88 Å². The molecule has 0 spiro atoms. The fourth-order valence-corrected chi connectivity index (χ4v) is 4.44. The van der Waals surface area contributed by atoms with Gasteiger partial charge in [-0.15, -0.1) is 19.0 Å². The van der Waals surface area contributed by atoms with Gasteiger partial charge < -0.3 is 9.84 Å². The van der Waals surface area contributed by atoms with Crippen LogP contribution < -0.4 is 4.74 Å². The summed E-state index contributed by atoms with van der Waals surface area (Å²) in [5, 5.41) is 12.1. The second-order valence-corrected chi connectivity index (χ2v) is 6.97.